The van der Waals surface area contributed by atoms with Crippen LogP contribution in [0.15, 0.2) is 114 Å². The van der Waals surface area contributed by atoms with Crippen molar-refractivity contribution in [3.8, 4) is 0 Å². The molecule has 1 aromatic heterocycles. The lowest BCUT2D eigenvalue weighted by molar-refractivity contribution is -0.116. The molecule has 5 aromatic rings. The second kappa shape index (κ2) is 19.6. The average molecular weight is 886 g/mol. The SMILES string of the molecule is CCOC(=O)c1c(NC(=O)C(Sc2cccc(NC(=O)/C(=C\c3ccc(Cl)cc3Cl)NC(=O)c3ccccc3)c2)c2ccccc2)sc2c1CCN(C(=O)OC(C)(C)C)C2. The monoisotopic (exact) mass is 884 g/mol. The van der Waals surface area contributed by atoms with Crippen LogP contribution in [-0.2, 0) is 32.0 Å². The van der Waals surface area contributed by atoms with Gasteiger partial charge in [0.05, 0.1) is 18.7 Å². The molecule has 1 aliphatic heterocycles. The first-order chi connectivity index (χ1) is 28.7. The topological polar surface area (TPSA) is 143 Å². The third-order valence-electron chi connectivity index (χ3n) is 8.90. The molecule has 11 nitrogen and oxygen atoms in total. The van der Waals surface area contributed by atoms with E-state index in [9.17, 15) is 24.0 Å². The zero-order chi connectivity index (χ0) is 43.0. The minimum Gasteiger partial charge on any atom is -0.462 e. The summed E-state index contributed by atoms with van der Waals surface area (Å²) in [5.74, 6) is -2.08. The minimum atomic E-state index is -0.808. The maximum Gasteiger partial charge on any atom is 0.410 e. The first-order valence-electron chi connectivity index (χ1n) is 19.0. The zero-order valence-electron chi connectivity index (χ0n) is 33.2. The second-order valence-corrected chi connectivity index (χ2v) is 17.6. The van der Waals surface area contributed by atoms with E-state index in [1.165, 1.54) is 35.2 Å². The van der Waals surface area contributed by atoms with Gasteiger partial charge in [0.1, 0.15) is 21.5 Å². The number of rotatable bonds is 12. The Balaban J connectivity index is 1.26. The molecular formula is C45H42Cl2N4O7S2. The molecule has 1 unspecified atom stereocenters. The van der Waals surface area contributed by atoms with E-state index in [1.54, 1.807) is 93.3 Å². The number of carbonyl (C=O) groups is 5. The lowest BCUT2D eigenvalue weighted by Crippen LogP contribution is -2.39. The molecule has 0 saturated carbocycles. The lowest BCUT2D eigenvalue weighted by Gasteiger charge is -2.30. The van der Waals surface area contributed by atoms with Crippen molar-refractivity contribution in [2.75, 3.05) is 23.8 Å². The maximum absolute atomic E-state index is 14.4. The van der Waals surface area contributed by atoms with Crippen molar-refractivity contribution in [3.05, 3.63) is 152 Å². The lowest BCUT2D eigenvalue weighted by atomic mass is 10.0. The number of halogens is 2. The Bertz CT molecular complexity index is 2440. The highest BCUT2D eigenvalue weighted by Gasteiger charge is 2.34. The fourth-order valence-corrected chi connectivity index (χ4v) is 8.97. The summed E-state index contributed by atoms with van der Waals surface area (Å²) >= 11 is 15.0. The van der Waals surface area contributed by atoms with Gasteiger partial charge in [-0.3, -0.25) is 14.4 Å². The number of amides is 4. The predicted octanol–water partition coefficient (Wildman–Crippen LogP) is 10.4. The Morgan fingerprint density at radius 2 is 1.62 bits per heavy atom. The van der Waals surface area contributed by atoms with Crippen molar-refractivity contribution >= 4 is 92.8 Å². The van der Waals surface area contributed by atoms with Gasteiger partial charge < -0.3 is 30.3 Å². The molecule has 6 rings (SSSR count). The van der Waals surface area contributed by atoms with Crippen LogP contribution in [0.2, 0.25) is 10.0 Å². The number of carbonyl (C=O) groups excluding carboxylic acids is 5. The number of fused-ring (bicyclic) bond motifs is 1. The molecular weight excluding hydrogens is 844 g/mol. The summed E-state index contributed by atoms with van der Waals surface area (Å²) in [4.78, 5) is 70.8. The molecule has 60 heavy (non-hydrogen) atoms. The zero-order valence-corrected chi connectivity index (χ0v) is 36.3. The van der Waals surface area contributed by atoms with Gasteiger partial charge in [-0.25, -0.2) is 9.59 Å². The van der Waals surface area contributed by atoms with Gasteiger partial charge in [-0.15, -0.1) is 23.1 Å². The van der Waals surface area contributed by atoms with Crippen LogP contribution in [0, 0.1) is 0 Å². The molecule has 1 atom stereocenters. The van der Waals surface area contributed by atoms with Crippen LogP contribution in [0.3, 0.4) is 0 Å². The summed E-state index contributed by atoms with van der Waals surface area (Å²) in [6.07, 6.45) is 1.38. The number of benzene rings is 4. The van der Waals surface area contributed by atoms with Crippen molar-refractivity contribution in [2.45, 2.75) is 56.4 Å². The smallest absolute Gasteiger partial charge is 0.410 e. The summed E-state index contributed by atoms with van der Waals surface area (Å²) in [7, 11) is 0. The van der Waals surface area contributed by atoms with Crippen LogP contribution in [0.1, 0.15) is 75.2 Å². The molecule has 0 spiro atoms. The Hall–Kier alpha value is -5.60. The average Bonchev–Trinajstić information content (AvgIpc) is 3.57. The summed E-state index contributed by atoms with van der Waals surface area (Å²) in [6.45, 7) is 7.80. The van der Waals surface area contributed by atoms with E-state index in [0.29, 0.717) is 50.3 Å². The number of nitrogens with zero attached hydrogens (tertiary/aromatic N) is 1. The van der Waals surface area contributed by atoms with Gasteiger partial charge >= 0.3 is 12.1 Å². The van der Waals surface area contributed by atoms with E-state index in [4.69, 9.17) is 32.7 Å². The van der Waals surface area contributed by atoms with Crippen LogP contribution in [0.4, 0.5) is 15.5 Å². The van der Waals surface area contributed by atoms with Gasteiger partial charge in [0.15, 0.2) is 0 Å². The van der Waals surface area contributed by atoms with E-state index >= 15 is 0 Å². The van der Waals surface area contributed by atoms with E-state index < -0.39 is 40.6 Å². The number of anilines is 2. The van der Waals surface area contributed by atoms with Crippen LogP contribution in [0.25, 0.3) is 6.08 Å². The molecule has 0 fully saturated rings. The normalized spacial score (nSPS) is 13.1. The Morgan fingerprint density at radius 1 is 0.900 bits per heavy atom. The number of thiophene rings is 1. The van der Waals surface area contributed by atoms with Gasteiger partial charge in [-0.05, 0) is 99.3 Å². The number of ether oxygens (including phenoxy) is 2. The van der Waals surface area contributed by atoms with Gasteiger partial charge in [-0.2, -0.15) is 0 Å². The fourth-order valence-electron chi connectivity index (χ4n) is 6.17. The van der Waals surface area contributed by atoms with Gasteiger partial charge in [0.2, 0.25) is 5.91 Å². The van der Waals surface area contributed by atoms with Crippen LogP contribution in [0.5, 0.6) is 0 Å². The van der Waals surface area contributed by atoms with Crippen molar-refractivity contribution in [3.63, 3.8) is 0 Å². The molecule has 310 valence electrons. The first kappa shape index (κ1) is 44.0. The highest BCUT2D eigenvalue weighted by Crippen LogP contribution is 2.41. The molecule has 0 saturated heterocycles. The standard InChI is InChI=1S/C45H42Cl2N4O7S2/c1-5-57-43(55)37-33-21-22-51(44(56)58-45(2,3)4)26-36(33)60-42(37)50-41(54)38(27-13-8-6-9-14-27)59-32-18-12-17-31(25-32)48-40(53)35(23-29-19-20-30(46)24-34(29)47)49-39(52)28-15-10-7-11-16-28/h6-20,23-25,38H,5,21-22,26H2,1-4H3,(H,48,53)(H,49,52)(H,50,54)/b35-23+. The molecule has 3 N–H and O–H groups in total. The number of esters is 1. The number of hydrogen-bond donors (Lipinski definition) is 3. The van der Waals surface area contributed by atoms with E-state index in [2.05, 4.69) is 16.0 Å². The summed E-state index contributed by atoms with van der Waals surface area (Å²) in [5.41, 5.74) is 2.15. The second-order valence-electron chi connectivity index (χ2n) is 14.5. The third-order valence-corrected chi connectivity index (χ3v) is 11.8. The largest absolute Gasteiger partial charge is 0.462 e. The molecule has 0 bridgehead atoms. The first-order valence-corrected chi connectivity index (χ1v) is 21.4. The maximum atomic E-state index is 14.4. The van der Waals surface area contributed by atoms with Gasteiger partial charge in [0, 0.05) is 37.6 Å². The van der Waals surface area contributed by atoms with Gasteiger partial charge in [0.25, 0.3) is 11.8 Å². The van der Waals surface area contributed by atoms with Gasteiger partial charge in [-0.1, -0.05) is 83.9 Å². The van der Waals surface area contributed by atoms with Crippen LogP contribution in [-0.4, -0.2) is 53.4 Å². The third kappa shape index (κ3) is 11.4. The number of thioether (sulfide) groups is 1. The Labute approximate surface area is 366 Å². The van der Waals surface area contributed by atoms with Crippen molar-refractivity contribution in [1.29, 1.82) is 0 Å². The highest BCUT2D eigenvalue weighted by atomic mass is 35.5. The summed E-state index contributed by atoms with van der Waals surface area (Å²) in [5, 5.41) is 8.81. The van der Waals surface area contributed by atoms with E-state index in [0.717, 1.165) is 10.4 Å². The predicted molar refractivity (Wildman–Crippen MR) is 238 cm³/mol. The van der Waals surface area contributed by atoms with Crippen LogP contribution >= 0.6 is 46.3 Å². The van der Waals surface area contributed by atoms with Crippen molar-refractivity contribution in [1.82, 2.24) is 10.2 Å². The number of hydrogen-bond acceptors (Lipinski definition) is 9. The van der Waals surface area contributed by atoms with Crippen molar-refractivity contribution < 1.29 is 33.4 Å². The molecule has 4 aromatic carbocycles. The minimum absolute atomic E-state index is 0.0714. The molecule has 1 aliphatic rings. The summed E-state index contributed by atoms with van der Waals surface area (Å²) in [6, 6.07) is 29.4. The Morgan fingerprint density at radius 3 is 2.30 bits per heavy atom. The summed E-state index contributed by atoms with van der Waals surface area (Å²) < 4.78 is 11.0. The van der Waals surface area contributed by atoms with E-state index in [1.807, 2.05) is 36.4 Å². The fraction of sp³-hybridized carbons (Fsp3) is 0.222. The Kier molecular flexibility index (Phi) is 14.4. The molecule has 4 amide bonds. The molecule has 2 heterocycles. The molecule has 0 radical (unpaired) electrons. The molecule has 15 heteroatoms. The van der Waals surface area contributed by atoms with Crippen molar-refractivity contribution in [2.24, 2.45) is 0 Å². The van der Waals surface area contributed by atoms with Crippen LogP contribution < -0.4 is 16.0 Å². The highest BCUT2D eigenvalue weighted by molar-refractivity contribution is 8.00. The van der Waals surface area contributed by atoms with E-state index in [-0.39, 0.29) is 29.4 Å². The number of nitrogens with one attached hydrogen (secondary N) is 3. The molecule has 0 aliphatic carbocycles. The quantitative estimate of drug-likeness (QED) is 0.0639.